The second-order valence-electron chi connectivity index (χ2n) is 2.80. The lowest BCUT2D eigenvalue weighted by atomic mass is 10.0. The molecule has 0 aliphatic rings. The fraction of sp³-hybridized carbons (Fsp3) is 0.111. The maximum Gasteiger partial charge on any atom is 0.417 e. The van der Waals surface area contributed by atoms with Crippen molar-refractivity contribution in [2.45, 2.75) is 6.18 Å². The highest BCUT2D eigenvalue weighted by molar-refractivity contribution is 14.1. The zero-order valence-electron chi connectivity index (χ0n) is 7.44. The lowest BCUT2D eigenvalue weighted by molar-refractivity contribution is -0.137. The van der Waals surface area contributed by atoms with Crippen LogP contribution in [-0.2, 0) is 6.18 Å². The van der Waals surface area contributed by atoms with Gasteiger partial charge in [0.25, 0.3) is 5.24 Å². The minimum absolute atomic E-state index is 0.0193. The van der Waals surface area contributed by atoms with Crippen LogP contribution in [0.4, 0.5) is 13.2 Å². The van der Waals surface area contributed by atoms with E-state index in [0.29, 0.717) is 0 Å². The van der Waals surface area contributed by atoms with Crippen LogP contribution in [-0.4, -0.2) is 11.5 Å². The molecule has 0 atom stereocenters. The Labute approximate surface area is 107 Å². The van der Waals surface area contributed by atoms with Gasteiger partial charge in [-0.05, 0) is 46.3 Å². The molecular formula is C9H3ClF3IO2. The molecular weight excluding hydrogens is 359 g/mol. The SMILES string of the molecule is O=Cc1c(C(=O)Cl)cc(I)cc1C(F)(F)F. The summed E-state index contributed by atoms with van der Waals surface area (Å²) in [6, 6.07) is 1.92. The molecule has 0 heterocycles. The Morgan fingerprint density at radius 2 is 1.94 bits per heavy atom. The zero-order valence-corrected chi connectivity index (χ0v) is 10.4. The summed E-state index contributed by atoms with van der Waals surface area (Å²) >= 11 is 6.72. The van der Waals surface area contributed by atoms with Crippen LogP contribution in [0.5, 0.6) is 0 Å². The van der Waals surface area contributed by atoms with Crippen LogP contribution >= 0.6 is 34.2 Å². The summed E-state index contributed by atoms with van der Waals surface area (Å²) in [5, 5.41) is -1.09. The van der Waals surface area contributed by atoms with Gasteiger partial charge in [-0.2, -0.15) is 13.2 Å². The van der Waals surface area contributed by atoms with Crippen molar-refractivity contribution in [3.63, 3.8) is 0 Å². The van der Waals surface area contributed by atoms with Gasteiger partial charge < -0.3 is 0 Å². The van der Waals surface area contributed by atoms with Gasteiger partial charge in [-0.25, -0.2) is 0 Å². The van der Waals surface area contributed by atoms with Crippen LogP contribution in [0, 0.1) is 3.57 Å². The smallest absolute Gasteiger partial charge is 0.298 e. The number of benzene rings is 1. The van der Waals surface area contributed by atoms with Crippen LogP contribution < -0.4 is 0 Å². The molecule has 1 aromatic rings. The Kier molecular flexibility index (Phi) is 3.95. The van der Waals surface area contributed by atoms with E-state index >= 15 is 0 Å². The Bertz CT molecular complexity index is 457. The number of hydrogen-bond acceptors (Lipinski definition) is 2. The summed E-state index contributed by atoms with van der Waals surface area (Å²) in [6.45, 7) is 0. The van der Waals surface area contributed by atoms with Gasteiger partial charge in [0, 0.05) is 14.7 Å². The van der Waals surface area contributed by atoms with Crippen molar-refractivity contribution in [1.29, 1.82) is 0 Å². The minimum Gasteiger partial charge on any atom is -0.298 e. The van der Waals surface area contributed by atoms with Gasteiger partial charge in [-0.15, -0.1) is 0 Å². The Hall–Kier alpha value is -0.630. The van der Waals surface area contributed by atoms with E-state index in [1.54, 1.807) is 22.6 Å². The van der Waals surface area contributed by atoms with Gasteiger partial charge in [0.2, 0.25) is 0 Å². The van der Waals surface area contributed by atoms with Gasteiger partial charge in [-0.3, -0.25) is 9.59 Å². The Morgan fingerprint density at radius 1 is 1.38 bits per heavy atom. The van der Waals surface area contributed by atoms with Crippen LogP contribution in [0.1, 0.15) is 26.3 Å². The number of alkyl halides is 3. The van der Waals surface area contributed by atoms with Crippen LogP contribution in [0.3, 0.4) is 0 Å². The predicted octanol–water partition coefficient (Wildman–Crippen LogP) is 3.50. The molecule has 2 nitrogen and oxygen atoms in total. The van der Waals surface area contributed by atoms with Gasteiger partial charge in [0.05, 0.1) is 5.56 Å². The lowest BCUT2D eigenvalue weighted by Crippen LogP contribution is -2.12. The number of halogens is 5. The van der Waals surface area contributed by atoms with Gasteiger partial charge >= 0.3 is 6.18 Å². The fourth-order valence-corrected chi connectivity index (χ4v) is 1.92. The first-order valence-corrected chi connectivity index (χ1v) is 5.28. The number of hydrogen-bond donors (Lipinski definition) is 0. The summed E-state index contributed by atoms with van der Waals surface area (Å²) in [5.41, 5.74) is -2.32. The molecule has 0 aliphatic heterocycles. The molecule has 1 aromatic carbocycles. The normalized spacial score (nSPS) is 11.3. The topological polar surface area (TPSA) is 34.1 Å². The van der Waals surface area contributed by atoms with Gasteiger partial charge in [-0.1, -0.05) is 0 Å². The lowest BCUT2D eigenvalue weighted by Gasteiger charge is -2.12. The van der Waals surface area contributed by atoms with E-state index in [1.807, 2.05) is 0 Å². The third kappa shape index (κ3) is 2.73. The van der Waals surface area contributed by atoms with Crippen LogP contribution in [0.25, 0.3) is 0 Å². The number of carbonyl (C=O) groups is 2. The van der Waals surface area contributed by atoms with Crippen molar-refractivity contribution in [3.8, 4) is 0 Å². The van der Waals surface area contributed by atoms with Crippen molar-refractivity contribution in [3.05, 3.63) is 32.4 Å². The van der Waals surface area contributed by atoms with Crippen molar-refractivity contribution in [2.24, 2.45) is 0 Å². The molecule has 1 rings (SSSR count). The van der Waals surface area contributed by atoms with Crippen molar-refractivity contribution in [1.82, 2.24) is 0 Å². The highest BCUT2D eigenvalue weighted by Gasteiger charge is 2.35. The first kappa shape index (κ1) is 13.4. The zero-order chi connectivity index (χ0) is 12.5. The van der Waals surface area contributed by atoms with E-state index in [-0.39, 0.29) is 9.86 Å². The molecule has 0 bridgehead atoms. The van der Waals surface area contributed by atoms with Crippen molar-refractivity contribution >= 4 is 45.7 Å². The molecule has 0 fully saturated rings. The van der Waals surface area contributed by atoms with E-state index < -0.39 is 28.1 Å². The second-order valence-corrected chi connectivity index (χ2v) is 4.39. The van der Waals surface area contributed by atoms with Crippen LogP contribution in [0.2, 0.25) is 0 Å². The average Bonchev–Trinajstić information content (AvgIpc) is 2.14. The molecule has 0 unspecified atom stereocenters. The summed E-state index contributed by atoms with van der Waals surface area (Å²) in [4.78, 5) is 21.5. The quantitative estimate of drug-likeness (QED) is 0.458. The molecule has 16 heavy (non-hydrogen) atoms. The molecule has 0 amide bonds. The Balaban J connectivity index is 3.61. The van der Waals surface area contributed by atoms with Gasteiger partial charge in [0.15, 0.2) is 6.29 Å². The third-order valence-corrected chi connectivity index (χ3v) is 2.61. The van der Waals surface area contributed by atoms with E-state index in [0.717, 1.165) is 12.1 Å². The van der Waals surface area contributed by atoms with E-state index in [9.17, 15) is 22.8 Å². The molecule has 0 radical (unpaired) electrons. The van der Waals surface area contributed by atoms with E-state index in [2.05, 4.69) is 0 Å². The Morgan fingerprint density at radius 3 is 2.31 bits per heavy atom. The monoisotopic (exact) mass is 362 g/mol. The van der Waals surface area contributed by atoms with E-state index in [1.165, 1.54) is 0 Å². The highest BCUT2D eigenvalue weighted by Crippen LogP contribution is 2.34. The average molecular weight is 362 g/mol. The second kappa shape index (κ2) is 4.70. The fourth-order valence-electron chi connectivity index (χ4n) is 1.14. The third-order valence-electron chi connectivity index (χ3n) is 1.78. The molecule has 0 N–H and O–H groups in total. The molecule has 86 valence electrons. The molecule has 0 aromatic heterocycles. The van der Waals surface area contributed by atoms with Crippen molar-refractivity contribution in [2.75, 3.05) is 0 Å². The maximum absolute atomic E-state index is 12.5. The first-order chi connectivity index (χ1) is 7.27. The molecule has 0 aliphatic carbocycles. The van der Waals surface area contributed by atoms with E-state index in [4.69, 9.17) is 11.6 Å². The largest absolute Gasteiger partial charge is 0.417 e. The van der Waals surface area contributed by atoms with Gasteiger partial charge in [0.1, 0.15) is 0 Å². The number of carbonyl (C=O) groups excluding carboxylic acids is 2. The number of rotatable bonds is 2. The summed E-state index contributed by atoms with van der Waals surface area (Å²) < 4.78 is 37.8. The summed E-state index contributed by atoms with van der Waals surface area (Å²) in [7, 11) is 0. The maximum atomic E-state index is 12.5. The minimum atomic E-state index is -4.70. The van der Waals surface area contributed by atoms with Crippen molar-refractivity contribution < 1.29 is 22.8 Å². The van der Waals surface area contributed by atoms with Crippen LogP contribution in [0.15, 0.2) is 12.1 Å². The first-order valence-electron chi connectivity index (χ1n) is 3.83. The highest BCUT2D eigenvalue weighted by atomic mass is 127. The molecule has 0 saturated heterocycles. The summed E-state index contributed by atoms with van der Waals surface area (Å²) in [5.74, 6) is 0. The standard InChI is InChI=1S/C9H3ClF3IO2/c10-8(16)5-1-4(14)2-7(6(5)3-15)9(11,12)13/h1-3H. The molecule has 0 saturated carbocycles. The predicted molar refractivity (Wildman–Crippen MR) is 59.7 cm³/mol. The molecule has 0 spiro atoms. The number of aldehydes is 1. The molecule has 7 heteroatoms. The summed E-state index contributed by atoms with van der Waals surface area (Å²) in [6.07, 6.45) is -4.72.